The second-order valence-electron chi connectivity index (χ2n) is 7.36. The van der Waals surface area contributed by atoms with Crippen molar-refractivity contribution < 1.29 is 17.2 Å². The number of nitrogens with one attached hydrogen (secondary N) is 3. The molecule has 1 aromatic rings. The van der Waals surface area contributed by atoms with Gasteiger partial charge in [0.2, 0.25) is 10.0 Å². The van der Waals surface area contributed by atoms with Crippen LogP contribution in [-0.4, -0.2) is 58.9 Å². The Morgan fingerprint density at radius 2 is 2.07 bits per heavy atom. The molecule has 1 atom stereocenters. The second-order valence-corrected chi connectivity index (χ2v) is 9.10. The topological polar surface area (TPSA) is 85.8 Å². The number of sulfonamides is 1. The van der Waals surface area contributed by atoms with Crippen LogP contribution in [0.5, 0.6) is 0 Å². The predicted octanol–water partition coefficient (Wildman–Crippen LogP) is 1.04. The first-order chi connectivity index (χ1) is 12.5. The lowest BCUT2D eigenvalue weighted by Crippen LogP contribution is -2.54. The molecule has 1 aliphatic rings. The Balaban J connectivity index is 1.90. The fourth-order valence-corrected chi connectivity index (χ4v) is 4.14. The molecule has 3 N–H and O–H groups in total. The molecule has 1 heterocycles. The zero-order valence-corrected chi connectivity index (χ0v) is 16.8. The van der Waals surface area contributed by atoms with E-state index in [4.69, 9.17) is 0 Å². The number of aliphatic imine (C=N–C) groups is 1. The molecule has 0 aromatic heterocycles. The van der Waals surface area contributed by atoms with E-state index in [0.29, 0.717) is 31.3 Å². The van der Waals surface area contributed by atoms with Gasteiger partial charge in [-0.05, 0) is 32.4 Å². The van der Waals surface area contributed by atoms with E-state index in [0.717, 1.165) is 18.7 Å². The summed E-state index contributed by atoms with van der Waals surface area (Å²) in [6, 6.07) is 3.61. The normalized spacial score (nSPS) is 18.7. The molecule has 0 radical (unpaired) electrons. The molecule has 10 heteroatoms. The third-order valence-electron chi connectivity index (χ3n) is 4.16. The first-order valence-electron chi connectivity index (χ1n) is 8.65. The summed E-state index contributed by atoms with van der Waals surface area (Å²) in [6.45, 7) is 5.06. The summed E-state index contributed by atoms with van der Waals surface area (Å²) in [5.41, 5.74) is -0.313. The maximum Gasteiger partial charge on any atom is 0.209 e. The number of guanidine groups is 1. The van der Waals surface area contributed by atoms with Crippen LogP contribution in [0.25, 0.3) is 0 Å². The highest BCUT2D eigenvalue weighted by Crippen LogP contribution is 2.24. The van der Waals surface area contributed by atoms with Gasteiger partial charge >= 0.3 is 0 Å². The third-order valence-corrected chi connectivity index (χ3v) is 5.09. The van der Waals surface area contributed by atoms with Gasteiger partial charge in [-0.1, -0.05) is 0 Å². The van der Waals surface area contributed by atoms with Crippen molar-refractivity contribution in [3.05, 3.63) is 29.8 Å². The van der Waals surface area contributed by atoms with Gasteiger partial charge < -0.3 is 15.5 Å². The van der Waals surface area contributed by atoms with Crippen molar-refractivity contribution in [2.75, 3.05) is 37.8 Å². The Labute approximate surface area is 159 Å². The Morgan fingerprint density at radius 1 is 1.37 bits per heavy atom. The van der Waals surface area contributed by atoms with E-state index in [9.17, 15) is 17.2 Å². The number of hydrogen-bond donors (Lipinski definition) is 3. The van der Waals surface area contributed by atoms with Gasteiger partial charge in [0.1, 0.15) is 11.6 Å². The summed E-state index contributed by atoms with van der Waals surface area (Å²) >= 11 is 0. The lowest BCUT2D eigenvalue weighted by molar-refractivity contribution is 0.445. The largest absolute Gasteiger partial charge is 0.367 e. The number of halogens is 2. The molecule has 0 amide bonds. The Bertz CT molecular complexity index is 799. The van der Waals surface area contributed by atoms with Crippen LogP contribution in [0.1, 0.15) is 20.3 Å². The highest BCUT2D eigenvalue weighted by molar-refractivity contribution is 7.88. The first-order valence-corrected chi connectivity index (χ1v) is 10.5. The van der Waals surface area contributed by atoms with E-state index in [1.807, 2.05) is 4.90 Å². The van der Waals surface area contributed by atoms with E-state index < -0.39 is 27.2 Å². The van der Waals surface area contributed by atoms with Crippen LogP contribution >= 0.6 is 0 Å². The lowest BCUT2D eigenvalue weighted by Gasteiger charge is -2.27. The fourth-order valence-electron chi connectivity index (χ4n) is 3.07. The number of hydrogen-bond acceptors (Lipinski definition) is 4. The second kappa shape index (κ2) is 8.39. The summed E-state index contributed by atoms with van der Waals surface area (Å²) < 4.78 is 52.4. The number of nitrogens with zero attached hydrogens (tertiary/aromatic N) is 2. The smallest absolute Gasteiger partial charge is 0.209 e. The molecule has 2 rings (SSSR count). The van der Waals surface area contributed by atoms with E-state index in [1.165, 1.54) is 12.1 Å². The summed E-state index contributed by atoms with van der Waals surface area (Å²) in [5.74, 6) is -0.642. The fraction of sp³-hybridized carbons (Fsp3) is 0.588. The lowest BCUT2D eigenvalue weighted by atomic mass is 10.1. The molecule has 0 spiro atoms. The number of benzene rings is 1. The van der Waals surface area contributed by atoms with Crippen LogP contribution in [0.3, 0.4) is 0 Å². The van der Waals surface area contributed by atoms with Crippen LogP contribution in [0, 0.1) is 11.6 Å². The molecule has 0 aliphatic carbocycles. The summed E-state index contributed by atoms with van der Waals surface area (Å²) in [5, 5.41) is 6.36. The van der Waals surface area contributed by atoms with Gasteiger partial charge in [-0.25, -0.2) is 21.9 Å². The highest BCUT2D eigenvalue weighted by Gasteiger charge is 2.26. The van der Waals surface area contributed by atoms with Gasteiger partial charge in [-0.2, -0.15) is 0 Å². The molecule has 27 heavy (non-hydrogen) atoms. The van der Waals surface area contributed by atoms with Gasteiger partial charge in [0.15, 0.2) is 5.96 Å². The van der Waals surface area contributed by atoms with Gasteiger partial charge in [-0.3, -0.25) is 4.99 Å². The Kier molecular flexibility index (Phi) is 6.63. The van der Waals surface area contributed by atoms with E-state index in [-0.39, 0.29) is 6.04 Å². The zero-order valence-electron chi connectivity index (χ0n) is 16.0. The van der Waals surface area contributed by atoms with Crippen molar-refractivity contribution in [1.82, 2.24) is 15.4 Å². The average molecular weight is 403 g/mol. The van der Waals surface area contributed by atoms with Crippen molar-refractivity contribution in [2.45, 2.75) is 31.8 Å². The summed E-state index contributed by atoms with van der Waals surface area (Å²) in [6.07, 6.45) is 1.88. The third kappa shape index (κ3) is 6.62. The van der Waals surface area contributed by atoms with E-state index >= 15 is 0 Å². The molecule has 1 saturated heterocycles. The first kappa shape index (κ1) is 21.4. The molecule has 7 nitrogen and oxygen atoms in total. The minimum atomic E-state index is -3.32. The molecule has 0 saturated carbocycles. The van der Waals surface area contributed by atoms with Crippen molar-refractivity contribution in [2.24, 2.45) is 4.99 Å². The predicted molar refractivity (Wildman–Crippen MR) is 104 cm³/mol. The zero-order chi connectivity index (χ0) is 20.2. The highest BCUT2D eigenvalue weighted by atomic mass is 32.2. The maximum absolute atomic E-state index is 14.0. The number of anilines is 1. The van der Waals surface area contributed by atoms with Crippen molar-refractivity contribution in [1.29, 1.82) is 0 Å². The molecule has 1 aromatic carbocycles. The molecule has 0 bridgehead atoms. The van der Waals surface area contributed by atoms with Gasteiger partial charge in [-0.15, -0.1) is 0 Å². The van der Waals surface area contributed by atoms with E-state index in [2.05, 4.69) is 20.3 Å². The molecule has 152 valence electrons. The van der Waals surface area contributed by atoms with Gasteiger partial charge in [0, 0.05) is 44.3 Å². The molecular weight excluding hydrogens is 376 g/mol. The molecule has 1 unspecified atom stereocenters. The van der Waals surface area contributed by atoms with Crippen LogP contribution in [0.2, 0.25) is 0 Å². The van der Waals surface area contributed by atoms with Crippen LogP contribution in [0.15, 0.2) is 23.2 Å². The molecular formula is C17H27F2N5O2S. The van der Waals surface area contributed by atoms with Crippen LogP contribution in [-0.2, 0) is 10.0 Å². The molecule has 1 fully saturated rings. The van der Waals surface area contributed by atoms with Crippen molar-refractivity contribution in [3.8, 4) is 0 Å². The summed E-state index contributed by atoms with van der Waals surface area (Å²) in [4.78, 5) is 6.01. The Hall–Kier alpha value is -1.94. The SMILES string of the molecule is CN=C(NCC(C)(C)NS(C)(=O)=O)NC1CCN(c2ccc(F)cc2F)C1. The minimum absolute atomic E-state index is 0.0339. The van der Waals surface area contributed by atoms with Gasteiger partial charge in [0.25, 0.3) is 0 Å². The van der Waals surface area contributed by atoms with E-state index in [1.54, 1.807) is 20.9 Å². The molecule has 1 aliphatic heterocycles. The van der Waals surface area contributed by atoms with Crippen molar-refractivity contribution >= 4 is 21.7 Å². The Morgan fingerprint density at radius 3 is 2.67 bits per heavy atom. The quantitative estimate of drug-likeness (QED) is 0.488. The monoisotopic (exact) mass is 403 g/mol. The van der Waals surface area contributed by atoms with Gasteiger partial charge in [0.05, 0.1) is 11.9 Å². The maximum atomic E-state index is 14.0. The summed E-state index contributed by atoms with van der Waals surface area (Å²) in [7, 11) is -1.70. The minimum Gasteiger partial charge on any atom is -0.367 e. The number of rotatable bonds is 6. The van der Waals surface area contributed by atoms with Crippen molar-refractivity contribution in [3.63, 3.8) is 0 Å². The van der Waals surface area contributed by atoms with Crippen LogP contribution < -0.4 is 20.3 Å². The standard InChI is InChI=1S/C17H27F2N5O2S/c1-17(2,23-27(4,25)26)11-21-16(20-3)22-13-7-8-24(10-13)15-6-5-12(18)9-14(15)19/h5-6,9,13,23H,7-8,10-11H2,1-4H3,(H2,20,21,22). The average Bonchev–Trinajstić information content (AvgIpc) is 2.97. The van der Waals surface area contributed by atoms with Crippen LogP contribution in [0.4, 0.5) is 14.5 Å².